The predicted molar refractivity (Wildman–Crippen MR) is 95.4 cm³/mol. The molecular formula is C19H27N3O2. The number of nitrogens with two attached hydrogens (primary N) is 1. The highest BCUT2D eigenvalue weighted by atomic mass is 16.6. The molecule has 5 heteroatoms. The summed E-state index contributed by atoms with van der Waals surface area (Å²) in [5, 5.41) is 0. The second-order valence-electron chi connectivity index (χ2n) is 8.42. The van der Waals surface area contributed by atoms with Crippen LogP contribution in [-0.2, 0) is 11.2 Å². The van der Waals surface area contributed by atoms with E-state index in [1.807, 2.05) is 25.7 Å². The van der Waals surface area contributed by atoms with Gasteiger partial charge in [0.1, 0.15) is 5.60 Å². The Morgan fingerprint density at radius 3 is 2.79 bits per heavy atom. The Hall–Kier alpha value is -1.91. The molecule has 1 amide bonds. The Labute approximate surface area is 143 Å². The second-order valence-corrected chi connectivity index (χ2v) is 8.42. The van der Waals surface area contributed by atoms with Crippen molar-refractivity contribution >= 4 is 17.5 Å². The maximum absolute atomic E-state index is 12.5. The van der Waals surface area contributed by atoms with E-state index in [1.165, 1.54) is 23.2 Å². The van der Waals surface area contributed by atoms with Gasteiger partial charge in [-0.1, -0.05) is 0 Å². The molecule has 0 bridgehead atoms. The number of rotatable bonds is 0. The number of hydrogen-bond acceptors (Lipinski definition) is 4. The van der Waals surface area contributed by atoms with Crippen LogP contribution in [0.25, 0.3) is 0 Å². The number of fused-ring (bicyclic) bond motifs is 2. The molecule has 0 aliphatic carbocycles. The third-order valence-electron chi connectivity index (χ3n) is 5.38. The summed E-state index contributed by atoms with van der Waals surface area (Å²) in [6.07, 6.45) is 2.10. The molecule has 130 valence electrons. The molecule has 2 N–H and O–H groups in total. The minimum absolute atomic E-state index is 0.191. The van der Waals surface area contributed by atoms with Crippen molar-refractivity contribution in [3.63, 3.8) is 0 Å². The molecule has 0 spiro atoms. The summed E-state index contributed by atoms with van der Waals surface area (Å²) in [4.78, 5) is 16.9. The average Bonchev–Trinajstić information content (AvgIpc) is 2.89. The molecule has 5 nitrogen and oxygen atoms in total. The molecule has 24 heavy (non-hydrogen) atoms. The zero-order chi connectivity index (χ0) is 17.1. The third-order valence-corrected chi connectivity index (χ3v) is 5.38. The van der Waals surface area contributed by atoms with Crippen molar-refractivity contribution in [2.45, 2.75) is 45.1 Å². The molecule has 3 heterocycles. The van der Waals surface area contributed by atoms with Gasteiger partial charge in [-0.15, -0.1) is 0 Å². The summed E-state index contributed by atoms with van der Waals surface area (Å²) >= 11 is 0. The van der Waals surface area contributed by atoms with Gasteiger partial charge in [0.25, 0.3) is 0 Å². The van der Waals surface area contributed by atoms with E-state index in [-0.39, 0.29) is 6.09 Å². The second kappa shape index (κ2) is 5.30. The van der Waals surface area contributed by atoms with E-state index in [4.69, 9.17) is 10.5 Å². The summed E-state index contributed by atoms with van der Waals surface area (Å²) in [5.74, 6) is 0.849. The molecule has 1 aromatic carbocycles. The van der Waals surface area contributed by atoms with Crippen molar-refractivity contribution in [1.82, 2.24) is 4.90 Å². The van der Waals surface area contributed by atoms with Gasteiger partial charge in [-0.05, 0) is 56.9 Å². The number of anilines is 2. The topological polar surface area (TPSA) is 58.8 Å². The number of carbonyl (C=O) groups excluding carboxylic acids is 1. The third kappa shape index (κ3) is 2.60. The molecule has 3 aliphatic rings. The number of carbonyl (C=O) groups is 1. The van der Waals surface area contributed by atoms with Gasteiger partial charge in [-0.3, -0.25) is 0 Å². The van der Waals surface area contributed by atoms with Crippen LogP contribution in [0.5, 0.6) is 0 Å². The summed E-state index contributed by atoms with van der Waals surface area (Å²) in [5.41, 5.74) is 10.7. The number of benzene rings is 1. The summed E-state index contributed by atoms with van der Waals surface area (Å²) in [6, 6.07) is 4.26. The van der Waals surface area contributed by atoms with E-state index >= 15 is 0 Å². The van der Waals surface area contributed by atoms with E-state index in [2.05, 4.69) is 17.0 Å². The first-order chi connectivity index (χ1) is 11.3. The van der Waals surface area contributed by atoms with Crippen LogP contribution < -0.4 is 10.6 Å². The molecular weight excluding hydrogens is 302 g/mol. The number of amides is 1. The fraction of sp³-hybridized carbons (Fsp3) is 0.632. The number of likely N-dealkylation sites (tertiary alicyclic amines) is 1. The van der Waals surface area contributed by atoms with Gasteiger partial charge in [-0.2, -0.15) is 0 Å². The highest BCUT2D eigenvalue weighted by Gasteiger charge is 2.44. The quantitative estimate of drug-likeness (QED) is 0.744. The standard InChI is InChI=1S/C19H27N3O2/c1-19(2,3)24-18(23)22-10-13-9-21-6-4-5-12-7-14(20)8-15(17(12)21)16(13)11-22/h7-8,13,16H,4-6,9-11,20H2,1-3H3/t13-,16+/m1/s1. The van der Waals surface area contributed by atoms with Crippen molar-refractivity contribution in [2.24, 2.45) is 5.92 Å². The zero-order valence-corrected chi connectivity index (χ0v) is 14.8. The van der Waals surface area contributed by atoms with Crippen LogP contribution in [0.4, 0.5) is 16.2 Å². The Morgan fingerprint density at radius 2 is 2.04 bits per heavy atom. The molecule has 0 radical (unpaired) electrons. The first-order valence-corrected chi connectivity index (χ1v) is 8.97. The lowest BCUT2D eigenvalue weighted by atomic mass is 9.80. The molecule has 0 unspecified atom stereocenters. The highest BCUT2D eigenvalue weighted by molar-refractivity contribution is 5.72. The Bertz CT molecular complexity index is 680. The minimum Gasteiger partial charge on any atom is -0.444 e. The van der Waals surface area contributed by atoms with Gasteiger partial charge in [0.05, 0.1) is 0 Å². The molecule has 0 saturated carbocycles. The van der Waals surface area contributed by atoms with E-state index in [9.17, 15) is 4.79 Å². The van der Waals surface area contributed by atoms with Crippen molar-refractivity contribution in [2.75, 3.05) is 36.8 Å². The predicted octanol–water partition coefficient (Wildman–Crippen LogP) is 2.99. The highest BCUT2D eigenvalue weighted by Crippen LogP contribution is 2.47. The van der Waals surface area contributed by atoms with Gasteiger partial charge >= 0.3 is 6.09 Å². The van der Waals surface area contributed by atoms with Gasteiger partial charge < -0.3 is 20.3 Å². The fourth-order valence-corrected chi connectivity index (χ4v) is 4.53. The van der Waals surface area contributed by atoms with Gasteiger partial charge in [0.15, 0.2) is 0 Å². The van der Waals surface area contributed by atoms with Crippen molar-refractivity contribution in [3.8, 4) is 0 Å². The molecule has 1 fully saturated rings. The normalized spacial score (nSPS) is 25.3. The van der Waals surface area contributed by atoms with Crippen molar-refractivity contribution in [1.29, 1.82) is 0 Å². The van der Waals surface area contributed by atoms with Crippen LogP contribution in [0.3, 0.4) is 0 Å². The summed E-state index contributed by atoms with van der Waals surface area (Å²) < 4.78 is 5.58. The largest absolute Gasteiger partial charge is 0.444 e. The number of hydrogen-bond donors (Lipinski definition) is 1. The number of nitrogens with zero attached hydrogens (tertiary/aromatic N) is 2. The first-order valence-electron chi connectivity index (χ1n) is 8.97. The molecule has 4 rings (SSSR count). The van der Waals surface area contributed by atoms with Crippen LogP contribution in [0, 0.1) is 5.92 Å². The number of aryl methyl sites for hydroxylation is 1. The zero-order valence-electron chi connectivity index (χ0n) is 14.8. The molecule has 1 aromatic rings. The van der Waals surface area contributed by atoms with E-state index in [0.717, 1.165) is 38.3 Å². The van der Waals surface area contributed by atoms with Crippen molar-refractivity contribution < 1.29 is 9.53 Å². The molecule has 0 aromatic heterocycles. The Balaban J connectivity index is 1.63. The SMILES string of the molecule is CC(C)(C)OC(=O)N1C[C@H]2CN3CCCc4cc(N)cc(c43)[C@H]2C1. The van der Waals surface area contributed by atoms with Crippen molar-refractivity contribution in [3.05, 3.63) is 23.3 Å². The van der Waals surface area contributed by atoms with Gasteiger partial charge in [-0.25, -0.2) is 4.79 Å². The van der Waals surface area contributed by atoms with Crippen LogP contribution in [-0.4, -0.2) is 42.8 Å². The number of ether oxygens (including phenoxy) is 1. The van der Waals surface area contributed by atoms with Crippen LogP contribution in [0.15, 0.2) is 12.1 Å². The molecule has 2 atom stereocenters. The Morgan fingerprint density at radius 1 is 1.25 bits per heavy atom. The van der Waals surface area contributed by atoms with Crippen LogP contribution >= 0.6 is 0 Å². The molecule has 3 aliphatic heterocycles. The lowest BCUT2D eigenvalue weighted by molar-refractivity contribution is 0.0287. The maximum Gasteiger partial charge on any atom is 0.410 e. The fourth-order valence-electron chi connectivity index (χ4n) is 4.53. The van der Waals surface area contributed by atoms with E-state index < -0.39 is 5.60 Å². The number of nitrogen functional groups attached to an aromatic ring is 1. The van der Waals surface area contributed by atoms with Crippen LogP contribution in [0.1, 0.15) is 44.2 Å². The first kappa shape index (κ1) is 15.6. The van der Waals surface area contributed by atoms with Gasteiger partial charge in [0.2, 0.25) is 0 Å². The monoisotopic (exact) mass is 329 g/mol. The maximum atomic E-state index is 12.5. The van der Waals surface area contributed by atoms with E-state index in [0.29, 0.717) is 11.8 Å². The summed E-state index contributed by atoms with van der Waals surface area (Å²) in [6.45, 7) is 9.41. The lowest BCUT2D eigenvalue weighted by Gasteiger charge is -2.41. The lowest BCUT2D eigenvalue weighted by Crippen LogP contribution is -2.41. The Kier molecular flexibility index (Phi) is 3.44. The average molecular weight is 329 g/mol. The molecule has 1 saturated heterocycles. The smallest absolute Gasteiger partial charge is 0.410 e. The summed E-state index contributed by atoms with van der Waals surface area (Å²) in [7, 11) is 0. The van der Waals surface area contributed by atoms with Gasteiger partial charge in [0, 0.05) is 49.4 Å². The van der Waals surface area contributed by atoms with E-state index in [1.54, 1.807) is 0 Å². The minimum atomic E-state index is -0.449. The van der Waals surface area contributed by atoms with Crippen LogP contribution in [0.2, 0.25) is 0 Å².